The van der Waals surface area contributed by atoms with Crippen LogP contribution in [0.25, 0.3) is 11.3 Å². The maximum Gasteiger partial charge on any atom is 0.179 e. The summed E-state index contributed by atoms with van der Waals surface area (Å²) in [5.41, 5.74) is 4.04. The van der Waals surface area contributed by atoms with Crippen LogP contribution in [0.2, 0.25) is 0 Å². The number of aryl methyl sites for hydroxylation is 1. The van der Waals surface area contributed by atoms with Crippen LogP contribution in [0.3, 0.4) is 0 Å². The molecule has 5 heterocycles. The van der Waals surface area contributed by atoms with Crippen molar-refractivity contribution in [3.8, 4) is 17.0 Å². The Balaban J connectivity index is 1.31. The van der Waals surface area contributed by atoms with Gasteiger partial charge in [-0.1, -0.05) is 0 Å². The van der Waals surface area contributed by atoms with Gasteiger partial charge in [-0.25, -0.2) is 14.4 Å². The summed E-state index contributed by atoms with van der Waals surface area (Å²) in [7, 11) is 1.86. The molecule has 9 heteroatoms. The van der Waals surface area contributed by atoms with E-state index >= 15 is 4.39 Å². The van der Waals surface area contributed by atoms with E-state index < -0.39 is 6.10 Å². The third-order valence-electron chi connectivity index (χ3n) is 7.16. The molecule has 1 aromatic carbocycles. The normalized spacial score (nSPS) is 21.4. The molecule has 0 saturated carbocycles. The van der Waals surface area contributed by atoms with Gasteiger partial charge in [0.15, 0.2) is 11.6 Å². The van der Waals surface area contributed by atoms with Crippen molar-refractivity contribution in [1.82, 2.24) is 30.0 Å². The lowest BCUT2D eigenvalue weighted by Gasteiger charge is -2.42. The van der Waals surface area contributed by atoms with Crippen LogP contribution in [-0.2, 0) is 7.05 Å². The van der Waals surface area contributed by atoms with E-state index in [0.717, 1.165) is 61.4 Å². The lowest BCUT2D eigenvalue weighted by Crippen LogP contribution is -2.58. The highest BCUT2D eigenvalue weighted by Gasteiger charge is 2.32. The average molecular weight is 450 g/mol. The number of rotatable bonds is 3. The molecule has 0 unspecified atom stereocenters. The first kappa shape index (κ1) is 20.6. The molecule has 8 nitrogen and oxygen atoms in total. The van der Waals surface area contributed by atoms with E-state index in [9.17, 15) is 0 Å². The molecule has 2 fully saturated rings. The standard InChI is InChI=1S/C24H28FN7O/c1-14-21-22(17-9-29-31(2)12-17)27-13-28-24(21)30-20-8-16(7-19(25)23(20)33-14)15-3-5-32(6-4-15)18-10-26-11-18/h7-9,12-15,18,26H,3-6,10-11H2,1-2H3,(H,27,28,30)/t14-/m0/s1. The van der Waals surface area contributed by atoms with Gasteiger partial charge in [-0.15, -0.1) is 0 Å². The van der Waals surface area contributed by atoms with Crippen LogP contribution in [0.15, 0.2) is 30.9 Å². The van der Waals surface area contributed by atoms with Gasteiger partial charge in [0.1, 0.15) is 18.2 Å². The molecule has 3 aromatic rings. The van der Waals surface area contributed by atoms with Crippen LogP contribution in [-0.4, -0.2) is 56.9 Å². The molecule has 0 bridgehead atoms. The molecule has 2 saturated heterocycles. The van der Waals surface area contributed by atoms with Gasteiger partial charge >= 0.3 is 0 Å². The van der Waals surface area contributed by atoms with Crippen molar-refractivity contribution in [3.05, 3.63) is 47.8 Å². The smallest absolute Gasteiger partial charge is 0.179 e. The monoisotopic (exact) mass is 449 g/mol. The first-order valence-electron chi connectivity index (χ1n) is 11.6. The quantitative estimate of drug-likeness (QED) is 0.635. The summed E-state index contributed by atoms with van der Waals surface area (Å²) in [6.07, 6.45) is 6.84. The van der Waals surface area contributed by atoms with Gasteiger partial charge in [-0.05, 0) is 56.5 Å². The topological polar surface area (TPSA) is 80.1 Å². The van der Waals surface area contributed by atoms with Gasteiger partial charge in [0.2, 0.25) is 0 Å². The second-order valence-corrected chi connectivity index (χ2v) is 9.27. The summed E-state index contributed by atoms with van der Waals surface area (Å²) < 4.78 is 23.2. The fraction of sp³-hybridized carbons (Fsp3) is 0.458. The molecule has 6 rings (SSSR count). The van der Waals surface area contributed by atoms with Crippen molar-refractivity contribution in [3.63, 3.8) is 0 Å². The number of aromatic nitrogens is 4. The van der Waals surface area contributed by atoms with Crippen LogP contribution in [0.4, 0.5) is 15.9 Å². The van der Waals surface area contributed by atoms with Gasteiger partial charge in [0, 0.05) is 37.9 Å². The largest absolute Gasteiger partial charge is 0.481 e. The number of benzene rings is 1. The maximum absolute atomic E-state index is 15.3. The maximum atomic E-state index is 15.3. The van der Waals surface area contributed by atoms with Gasteiger partial charge in [0.05, 0.1) is 23.1 Å². The number of fused-ring (bicyclic) bond motifs is 2. The Kier molecular flexibility index (Phi) is 5.03. The minimum Gasteiger partial charge on any atom is -0.481 e. The molecule has 2 aromatic heterocycles. The molecule has 3 aliphatic heterocycles. The summed E-state index contributed by atoms with van der Waals surface area (Å²) >= 11 is 0. The lowest BCUT2D eigenvalue weighted by atomic mass is 9.88. The average Bonchev–Trinajstić information content (AvgIpc) is 3.14. The van der Waals surface area contributed by atoms with E-state index in [2.05, 4.69) is 30.6 Å². The minimum absolute atomic E-state index is 0.236. The highest BCUT2D eigenvalue weighted by atomic mass is 19.1. The Labute approximate surface area is 192 Å². The second kappa shape index (κ2) is 8.07. The van der Waals surface area contributed by atoms with Crippen molar-refractivity contribution in [2.75, 3.05) is 31.5 Å². The third-order valence-corrected chi connectivity index (χ3v) is 7.16. The molecular formula is C24H28FN7O. The SMILES string of the molecule is C[C@@H]1Oc2c(F)cc(C3CCN(C4CNC4)CC3)cc2Nc2ncnc(-c3cnn(C)c3)c21. The van der Waals surface area contributed by atoms with E-state index in [4.69, 9.17) is 4.74 Å². The van der Waals surface area contributed by atoms with Gasteiger partial charge in [-0.3, -0.25) is 9.58 Å². The zero-order chi connectivity index (χ0) is 22.5. The predicted molar refractivity (Wildman–Crippen MR) is 123 cm³/mol. The highest BCUT2D eigenvalue weighted by Crippen LogP contribution is 2.44. The van der Waals surface area contributed by atoms with Crippen molar-refractivity contribution in [2.45, 2.75) is 37.8 Å². The summed E-state index contributed by atoms with van der Waals surface area (Å²) in [5, 5.41) is 11.0. The molecule has 33 heavy (non-hydrogen) atoms. The van der Waals surface area contributed by atoms with Crippen LogP contribution in [0.1, 0.15) is 42.9 Å². The van der Waals surface area contributed by atoms with Crippen molar-refractivity contribution in [1.29, 1.82) is 0 Å². The highest BCUT2D eigenvalue weighted by molar-refractivity contribution is 5.75. The number of ether oxygens (including phenoxy) is 1. The predicted octanol–water partition coefficient (Wildman–Crippen LogP) is 3.36. The molecule has 3 aliphatic rings. The third kappa shape index (κ3) is 3.65. The molecular weight excluding hydrogens is 421 g/mol. The fourth-order valence-corrected chi connectivity index (χ4v) is 5.21. The molecule has 0 aliphatic carbocycles. The molecule has 1 atom stereocenters. The fourth-order valence-electron chi connectivity index (χ4n) is 5.21. The van der Waals surface area contributed by atoms with Crippen molar-refractivity contribution < 1.29 is 9.13 Å². The minimum atomic E-state index is -0.426. The van der Waals surface area contributed by atoms with Crippen LogP contribution in [0, 0.1) is 5.82 Å². The van der Waals surface area contributed by atoms with E-state index in [1.807, 2.05) is 26.2 Å². The van der Waals surface area contributed by atoms with Gasteiger partial charge < -0.3 is 15.4 Å². The Bertz CT molecular complexity index is 1180. The lowest BCUT2D eigenvalue weighted by molar-refractivity contribution is 0.113. The van der Waals surface area contributed by atoms with E-state index in [0.29, 0.717) is 23.5 Å². The summed E-state index contributed by atoms with van der Waals surface area (Å²) in [6, 6.07) is 4.36. The molecule has 0 radical (unpaired) electrons. The molecule has 172 valence electrons. The zero-order valence-electron chi connectivity index (χ0n) is 18.9. The molecule has 0 spiro atoms. The molecule has 2 N–H and O–H groups in total. The van der Waals surface area contributed by atoms with Crippen molar-refractivity contribution >= 4 is 11.5 Å². The van der Waals surface area contributed by atoms with Crippen LogP contribution >= 0.6 is 0 Å². The van der Waals surface area contributed by atoms with Gasteiger partial charge in [0.25, 0.3) is 0 Å². The summed E-state index contributed by atoms with van der Waals surface area (Å²) in [4.78, 5) is 11.5. The van der Waals surface area contributed by atoms with Crippen LogP contribution < -0.4 is 15.4 Å². The number of nitrogens with one attached hydrogen (secondary N) is 2. The van der Waals surface area contributed by atoms with E-state index in [1.54, 1.807) is 16.9 Å². The van der Waals surface area contributed by atoms with E-state index in [-0.39, 0.29) is 11.6 Å². The zero-order valence-corrected chi connectivity index (χ0v) is 18.9. The first-order valence-corrected chi connectivity index (χ1v) is 11.6. The first-order chi connectivity index (χ1) is 16.1. The van der Waals surface area contributed by atoms with Crippen molar-refractivity contribution in [2.24, 2.45) is 7.05 Å². The second-order valence-electron chi connectivity index (χ2n) is 9.27. The number of nitrogens with zero attached hydrogens (tertiary/aromatic N) is 5. The Hall–Kier alpha value is -3.04. The van der Waals surface area contributed by atoms with Crippen LogP contribution in [0.5, 0.6) is 5.75 Å². The number of halogens is 1. The number of piperidine rings is 1. The number of anilines is 2. The summed E-state index contributed by atoms with van der Waals surface area (Å²) in [5.74, 6) is 0.877. The Morgan fingerprint density at radius 1 is 1.15 bits per heavy atom. The Morgan fingerprint density at radius 2 is 1.97 bits per heavy atom. The number of hydrogen-bond acceptors (Lipinski definition) is 7. The number of likely N-dealkylation sites (tertiary alicyclic amines) is 1. The number of hydrogen-bond donors (Lipinski definition) is 2. The summed E-state index contributed by atoms with van der Waals surface area (Å²) in [6.45, 7) is 6.18. The Morgan fingerprint density at radius 3 is 2.67 bits per heavy atom. The van der Waals surface area contributed by atoms with Gasteiger partial charge in [-0.2, -0.15) is 5.10 Å². The van der Waals surface area contributed by atoms with E-state index in [1.165, 1.54) is 6.33 Å². The molecule has 0 amide bonds.